The Bertz CT molecular complexity index is 919. The molecule has 8 heteroatoms. The summed E-state index contributed by atoms with van der Waals surface area (Å²) in [6.07, 6.45) is 3.13. The van der Waals surface area contributed by atoms with E-state index in [1.54, 1.807) is 67.8 Å². The summed E-state index contributed by atoms with van der Waals surface area (Å²) >= 11 is 0. The molecule has 2 aromatic heterocycles. The number of hydrogen-bond acceptors (Lipinski definition) is 8. The Morgan fingerprint density at radius 2 is 1.52 bits per heavy atom. The van der Waals surface area contributed by atoms with Crippen molar-refractivity contribution in [1.29, 1.82) is 0 Å². The molecule has 0 fully saturated rings. The van der Waals surface area contributed by atoms with Crippen molar-refractivity contribution in [3.63, 3.8) is 0 Å². The molecule has 0 N–H and O–H groups in total. The first kappa shape index (κ1) is 24.1. The number of ketones is 1. The van der Waals surface area contributed by atoms with Crippen LogP contribution in [0.25, 0.3) is 0 Å². The molecule has 0 spiro atoms. The lowest BCUT2D eigenvalue weighted by molar-refractivity contribution is -0.171. The number of pyridine rings is 2. The number of rotatable bonds is 9. The second-order valence-corrected chi connectivity index (χ2v) is 7.97. The maximum atomic E-state index is 14.1. The van der Waals surface area contributed by atoms with Crippen molar-refractivity contribution in [2.24, 2.45) is 10.8 Å². The van der Waals surface area contributed by atoms with Gasteiger partial charge >= 0.3 is 11.9 Å². The van der Waals surface area contributed by atoms with Crippen molar-refractivity contribution in [2.75, 3.05) is 28.3 Å². The van der Waals surface area contributed by atoms with E-state index in [0.29, 0.717) is 11.4 Å². The number of aromatic nitrogens is 2. The molecule has 31 heavy (non-hydrogen) atoms. The normalized spacial score (nSPS) is 16.0. The molecule has 0 aliphatic carbocycles. The van der Waals surface area contributed by atoms with Crippen molar-refractivity contribution in [1.82, 2.24) is 14.9 Å². The van der Waals surface area contributed by atoms with Gasteiger partial charge in [-0.1, -0.05) is 12.1 Å². The highest BCUT2D eigenvalue weighted by Crippen LogP contribution is 2.44. The van der Waals surface area contributed by atoms with Gasteiger partial charge in [0.2, 0.25) is 0 Å². The molecule has 3 atom stereocenters. The van der Waals surface area contributed by atoms with E-state index < -0.39 is 34.6 Å². The van der Waals surface area contributed by atoms with Gasteiger partial charge in [-0.15, -0.1) is 0 Å². The van der Waals surface area contributed by atoms with Gasteiger partial charge in [0.1, 0.15) is 10.8 Å². The predicted octanol–water partition coefficient (Wildman–Crippen LogP) is 2.25. The fourth-order valence-corrected chi connectivity index (χ4v) is 4.06. The standard InChI is InChI=1S/C23H29N3O5/c1-22(20(28)30-5,15-16-11-7-9-13-24-16)19(27)23(2,21(29)31-6)18(26(3)4)17-12-8-10-14-25-17/h7-14,18H,15H2,1-6H3/t18-,22?,23?/m0/s1. The van der Waals surface area contributed by atoms with Crippen LogP contribution >= 0.6 is 0 Å². The number of carbonyl (C=O) groups excluding carboxylic acids is 3. The highest BCUT2D eigenvalue weighted by Gasteiger charge is 2.59. The van der Waals surface area contributed by atoms with Gasteiger partial charge in [0.15, 0.2) is 5.78 Å². The van der Waals surface area contributed by atoms with Crippen LogP contribution in [0.15, 0.2) is 48.8 Å². The number of hydrogen-bond donors (Lipinski definition) is 0. The van der Waals surface area contributed by atoms with Crippen LogP contribution in [0.2, 0.25) is 0 Å². The van der Waals surface area contributed by atoms with Crippen molar-refractivity contribution in [3.05, 3.63) is 60.2 Å². The Morgan fingerprint density at radius 1 is 0.935 bits per heavy atom. The lowest BCUT2D eigenvalue weighted by Crippen LogP contribution is -2.56. The van der Waals surface area contributed by atoms with Crippen LogP contribution < -0.4 is 0 Å². The van der Waals surface area contributed by atoms with Crippen molar-refractivity contribution in [3.8, 4) is 0 Å². The molecular formula is C23H29N3O5. The third-order valence-corrected chi connectivity index (χ3v) is 5.51. The molecule has 8 nitrogen and oxygen atoms in total. The summed E-state index contributed by atoms with van der Waals surface area (Å²) in [4.78, 5) is 50.5. The van der Waals surface area contributed by atoms with E-state index in [2.05, 4.69) is 9.97 Å². The first-order valence-electron chi connectivity index (χ1n) is 9.82. The average Bonchev–Trinajstić information content (AvgIpc) is 2.78. The van der Waals surface area contributed by atoms with E-state index in [1.165, 1.54) is 28.1 Å². The zero-order valence-corrected chi connectivity index (χ0v) is 18.8. The fraction of sp³-hybridized carbons (Fsp3) is 0.435. The van der Waals surface area contributed by atoms with Crippen molar-refractivity contribution in [2.45, 2.75) is 26.3 Å². The number of nitrogens with zero attached hydrogens (tertiary/aromatic N) is 3. The van der Waals surface area contributed by atoms with Gasteiger partial charge in [-0.2, -0.15) is 0 Å². The Kier molecular flexibility index (Phi) is 7.62. The minimum absolute atomic E-state index is 0.0334. The van der Waals surface area contributed by atoms with E-state index >= 15 is 0 Å². The van der Waals surface area contributed by atoms with E-state index in [4.69, 9.17) is 9.47 Å². The molecule has 2 rings (SSSR count). The molecule has 0 amide bonds. The van der Waals surface area contributed by atoms with Crippen molar-refractivity contribution >= 4 is 17.7 Å². The molecule has 2 unspecified atom stereocenters. The van der Waals surface area contributed by atoms with Gasteiger partial charge in [0, 0.05) is 24.5 Å². The molecule has 0 bridgehead atoms. The first-order valence-corrected chi connectivity index (χ1v) is 9.82. The summed E-state index contributed by atoms with van der Waals surface area (Å²) in [6.45, 7) is 2.96. The lowest BCUT2D eigenvalue weighted by atomic mass is 9.65. The summed E-state index contributed by atoms with van der Waals surface area (Å²) in [5.41, 5.74) is -2.42. The Hall–Kier alpha value is -3.13. The first-order chi connectivity index (χ1) is 14.6. The van der Waals surface area contributed by atoms with E-state index in [9.17, 15) is 14.4 Å². The van der Waals surface area contributed by atoms with Crippen LogP contribution in [-0.2, 0) is 30.3 Å². The van der Waals surface area contributed by atoms with Gasteiger partial charge in [-0.25, -0.2) is 0 Å². The quantitative estimate of drug-likeness (QED) is 0.444. The summed E-state index contributed by atoms with van der Waals surface area (Å²) in [5, 5.41) is 0. The Balaban J connectivity index is 2.69. The van der Waals surface area contributed by atoms with Crippen molar-refractivity contribution < 1.29 is 23.9 Å². The molecule has 0 aliphatic rings. The molecular weight excluding hydrogens is 398 g/mol. The minimum atomic E-state index is -1.76. The molecule has 0 saturated heterocycles. The maximum Gasteiger partial charge on any atom is 0.321 e. The van der Waals surface area contributed by atoms with Crippen LogP contribution in [-0.4, -0.2) is 60.9 Å². The average molecular weight is 428 g/mol. The van der Waals surface area contributed by atoms with Gasteiger partial charge < -0.3 is 9.47 Å². The van der Waals surface area contributed by atoms with E-state index in [1.807, 2.05) is 0 Å². The zero-order valence-electron chi connectivity index (χ0n) is 18.8. The van der Waals surface area contributed by atoms with Gasteiger partial charge in [0.25, 0.3) is 0 Å². The third kappa shape index (κ3) is 4.64. The fourth-order valence-electron chi connectivity index (χ4n) is 4.06. The molecule has 0 radical (unpaired) electrons. The number of esters is 2. The second kappa shape index (κ2) is 9.78. The number of methoxy groups -OCH3 is 2. The predicted molar refractivity (Wildman–Crippen MR) is 114 cm³/mol. The zero-order chi connectivity index (χ0) is 23.2. The highest BCUT2D eigenvalue weighted by molar-refractivity contribution is 6.14. The van der Waals surface area contributed by atoms with E-state index in [-0.39, 0.29) is 6.42 Å². The lowest BCUT2D eigenvalue weighted by Gasteiger charge is -2.41. The third-order valence-electron chi connectivity index (χ3n) is 5.51. The molecule has 0 saturated carbocycles. The smallest absolute Gasteiger partial charge is 0.321 e. The van der Waals surface area contributed by atoms with Crippen LogP contribution in [0.5, 0.6) is 0 Å². The number of carbonyl (C=O) groups is 3. The molecule has 2 heterocycles. The molecule has 0 aromatic carbocycles. The van der Waals surface area contributed by atoms with Crippen LogP contribution in [0.1, 0.15) is 31.3 Å². The maximum absolute atomic E-state index is 14.1. The summed E-state index contributed by atoms with van der Waals surface area (Å²) in [6, 6.07) is 9.67. The van der Waals surface area contributed by atoms with Crippen LogP contribution in [0, 0.1) is 10.8 Å². The van der Waals surface area contributed by atoms with Gasteiger partial charge in [-0.05, 0) is 52.2 Å². The molecule has 0 aliphatic heterocycles. The minimum Gasteiger partial charge on any atom is -0.468 e. The van der Waals surface area contributed by atoms with Gasteiger partial charge in [0.05, 0.1) is 26.0 Å². The summed E-state index contributed by atoms with van der Waals surface area (Å²) in [7, 11) is 5.90. The molecule has 2 aromatic rings. The molecule has 166 valence electrons. The number of Topliss-reactive ketones (excluding diaryl/α,β-unsaturated/α-hetero) is 1. The highest BCUT2D eigenvalue weighted by atomic mass is 16.5. The summed E-state index contributed by atoms with van der Waals surface area (Å²) < 4.78 is 10.1. The van der Waals surface area contributed by atoms with E-state index in [0.717, 1.165) is 0 Å². The van der Waals surface area contributed by atoms with Gasteiger partial charge in [-0.3, -0.25) is 29.3 Å². The van der Waals surface area contributed by atoms with Crippen LogP contribution in [0.4, 0.5) is 0 Å². The topological polar surface area (TPSA) is 98.7 Å². The Morgan fingerprint density at radius 3 is 1.97 bits per heavy atom. The Labute approximate surface area is 182 Å². The largest absolute Gasteiger partial charge is 0.468 e. The number of ether oxygens (including phenoxy) is 2. The summed E-state index contributed by atoms with van der Waals surface area (Å²) in [5.74, 6) is -2.15. The monoisotopic (exact) mass is 427 g/mol. The SMILES string of the molecule is COC(=O)C(C)(Cc1ccccn1)C(=O)C(C)(C(=O)OC)[C@H](c1ccccn1)N(C)C. The van der Waals surface area contributed by atoms with Crippen LogP contribution in [0.3, 0.4) is 0 Å². The second-order valence-electron chi connectivity index (χ2n) is 7.97.